The van der Waals surface area contributed by atoms with Crippen molar-refractivity contribution in [1.82, 2.24) is 0 Å². The van der Waals surface area contributed by atoms with E-state index in [1.54, 1.807) is 18.2 Å². The number of nitrogens with zero attached hydrogens (tertiary/aromatic N) is 1. The average Bonchev–Trinajstić information content (AvgIpc) is 3.04. The molecule has 0 radical (unpaired) electrons. The number of hydrogen-bond acceptors (Lipinski definition) is 5. The Hall–Kier alpha value is -4.06. The summed E-state index contributed by atoms with van der Waals surface area (Å²) in [6, 6.07) is 20.3. The van der Waals surface area contributed by atoms with Gasteiger partial charge in [0.1, 0.15) is 18.9 Å². The van der Waals surface area contributed by atoms with Gasteiger partial charge in [-0.15, -0.1) is 0 Å². The van der Waals surface area contributed by atoms with Gasteiger partial charge in [-0.1, -0.05) is 48.0 Å². The van der Waals surface area contributed by atoms with Crippen molar-refractivity contribution in [2.24, 2.45) is 0 Å². The molecule has 0 saturated carbocycles. The van der Waals surface area contributed by atoms with Gasteiger partial charge in [-0.3, -0.25) is 9.59 Å². The zero-order valence-corrected chi connectivity index (χ0v) is 17.8. The van der Waals surface area contributed by atoms with Gasteiger partial charge < -0.3 is 14.8 Å². The number of carbonyl (C=O) groups is 2. The van der Waals surface area contributed by atoms with Gasteiger partial charge in [0.25, 0.3) is 11.8 Å². The normalized spacial score (nSPS) is 15.4. The second-order valence-corrected chi connectivity index (χ2v) is 7.84. The van der Waals surface area contributed by atoms with Crippen LogP contribution in [0.25, 0.3) is 5.57 Å². The number of rotatable bonds is 4. The summed E-state index contributed by atoms with van der Waals surface area (Å²) in [5.41, 5.74) is 4.40. The Morgan fingerprint density at radius 1 is 0.812 bits per heavy atom. The van der Waals surface area contributed by atoms with E-state index < -0.39 is 5.91 Å². The highest BCUT2D eigenvalue weighted by Crippen LogP contribution is 2.37. The minimum atomic E-state index is -0.393. The van der Waals surface area contributed by atoms with Crippen molar-refractivity contribution in [3.63, 3.8) is 0 Å². The molecule has 6 heteroatoms. The molecule has 160 valence electrons. The molecule has 6 nitrogen and oxygen atoms in total. The van der Waals surface area contributed by atoms with Crippen LogP contribution in [0.5, 0.6) is 11.5 Å². The van der Waals surface area contributed by atoms with Crippen LogP contribution in [0.4, 0.5) is 11.4 Å². The second kappa shape index (κ2) is 7.89. The first kappa shape index (κ1) is 19.9. The van der Waals surface area contributed by atoms with E-state index in [-0.39, 0.29) is 11.6 Å². The molecular weight excluding hydrogens is 404 g/mol. The van der Waals surface area contributed by atoms with Gasteiger partial charge in [0.05, 0.1) is 11.3 Å². The summed E-state index contributed by atoms with van der Waals surface area (Å²) in [5, 5.41) is 3.18. The Balaban J connectivity index is 1.59. The van der Waals surface area contributed by atoms with Crippen molar-refractivity contribution < 1.29 is 19.1 Å². The molecule has 0 spiro atoms. The zero-order valence-electron chi connectivity index (χ0n) is 17.8. The fraction of sp³-hybridized carbons (Fsp3) is 0.154. The number of benzene rings is 3. The molecule has 5 rings (SSSR count). The fourth-order valence-corrected chi connectivity index (χ4v) is 4.06. The summed E-state index contributed by atoms with van der Waals surface area (Å²) in [5.74, 6) is 0.514. The first-order chi connectivity index (χ1) is 15.5. The maximum Gasteiger partial charge on any atom is 0.282 e. The Labute approximate surface area is 186 Å². The lowest BCUT2D eigenvalue weighted by molar-refractivity contribution is -0.120. The van der Waals surface area contributed by atoms with Crippen LogP contribution in [0.3, 0.4) is 0 Å². The van der Waals surface area contributed by atoms with E-state index in [0.29, 0.717) is 47.2 Å². The summed E-state index contributed by atoms with van der Waals surface area (Å²) in [6.45, 7) is 4.84. The number of hydrogen-bond donors (Lipinski definition) is 1. The molecule has 0 bridgehead atoms. The van der Waals surface area contributed by atoms with E-state index in [4.69, 9.17) is 9.47 Å². The predicted molar refractivity (Wildman–Crippen MR) is 123 cm³/mol. The summed E-state index contributed by atoms with van der Waals surface area (Å²) >= 11 is 0. The van der Waals surface area contributed by atoms with Crippen LogP contribution in [-0.2, 0) is 9.59 Å². The molecule has 2 heterocycles. The van der Waals surface area contributed by atoms with Gasteiger partial charge in [0.15, 0.2) is 11.5 Å². The van der Waals surface area contributed by atoms with Gasteiger partial charge in [-0.2, -0.15) is 0 Å². The van der Waals surface area contributed by atoms with Crippen LogP contribution in [0.15, 0.2) is 72.4 Å². The monoisotopic (exact) mass is 426 g/mol. The summed E-state index contributed by atoms with van der Waals surface area (Å²) in [7, 11) is 0. The van der Waals surface area contributed by atoms with Crippen molar-refractivity contribution in [3.05, 3.63) is 89.1 Å². The average molecular weight is 426 g/mol. The Morgan fingerprint density at radius 3 is 2.31 bits per heavy atom. The number of ether oxygens (including phenoxy) is 2. The van der Waals surface area contributed by atoms with E-state index in [2.05, 4.69) is 5.32 Å². The van der Waals surface area contributed by atoms with E-state index in [9.17, 15) is 9.59 Å². The highest BCUT2D eigenvalue weighted by atomic mass is 16.6. The molecule has 0 aromatic heterocycles. The van der Waals surface area contributed by atoms with Gasteiger partial charge in [-0.25, -0.2) is 4.90 Å². The Kier molecular flexibility index (Phi) is 4.90. The van der Waals surface area contributed by atoms with Gasteiger partial charge >= 0.3 is 0 Å². The van der Waals surface area contributed by atoms with E-state index in [1.807, 2.05) is 62.4 Å². The van der Waals surface area contributed by atoms with Crippen LogP contribution < -0.4 is 19.7 Å². The number of carbonyl (C=O) groups excluding carboxylic acids is 2. The van der Waals surface area contributed by atoms with E-state index in [0.717, 1.165) is 11.1 Å². The second-order valence-electron chi connectivity index (χ2n) is 7.84. The van der Waals surface area contributed by atoms with Crippen LogP contribution >= 0.6 is 0 Å². The van der Waals surface area contributed by atoms with Crippen molar-refractivity contribution in [1.29, 1.82) is 0 Å². The topological polar surface area (TPSA) is 67.9 Å². The smallest absolute Gasteiger partial charge is 0.282 e. The maximum absolute atomic E-state index is 13.6. The van der Waals surface area contributed by atoms with Crippen LogP contribution in [-0.4, -0.2) is 25.0 Å². The van der Waals surface area contributed by atoms with Gasteiger partial charge in [0, 0.05) is 11.8 Å². The fourth-order valence-electron chi connectivity index (χ4n) is 4.06. The quantitative estimate of drug-likeness (QED) is 0.624. The number of anilines is 2. The Morgan fingerprint density at radius 2 is 1.56 bits per heavy atom. The molecule has 1 N–H and O–H groups in total. The highest BCUT2D eigenvalue weighted by molar-refractivity contribution is 6.46. The minimum Gasteiger partial charge on any atom is -0.486 e. The predicted octanol–water partition coefficient (Wildman–Crippen LogP) is 4.47. The lowest BCUT2D eigenvalue weighted by Crippen LogP contribution is -2.33. The minimum absolute atomic E-state index is 0.234. The SMILES string of the molecule is Cc1ccc(N2C(=O)C(Nc3ccc4c(c3)OCCO4)=C(c3ccccc3)C2=O)c(C)c1. The van der Waals surface area contributed by atoms with Crippen LogP contribution in [0, 0.1) is 13.8 Å². The molecule has 0 aliphatic carbocycles. The number of nitrogens with one attached hydrogen (secondary N) is 1. The number of aryl methyl sites for hydroxylation is 2. The molecule has 3 aromatic rings. The van der Waals surface area contributed by atoms with Crippen molar-refractivity contribution in [3.8, 4) is 11.5 Å². The third-order valence-electron chi connectivity index (χ3n) is 5.55. The molecule has 0 atom stereocenters. The maximum atomic E-state index is 13.6. The lowest BCUT2D eigenvalue weighted by atomic mass is 10.0. The number of imide groups is 1. The molecule has 0 fully saturated rings. The first-order valence-electron chi connectivity index (χ1n) is 10.5. The number of amides is 2. The van der Waals surface area contributed by atoms with Gasteiger partial charge in [0.2, 0.25) is 0 Å². The lowest BCUT2D eigenvalue weighted by Gasteiger charge is -2.20. The molecule has 2 aliphatic rings. The van der Waals surface area contributed by atoms with Crippen molar-refractivity contribution in [2.75, 3.05) is 23.4 Å². The molecule has 2 amide bonds. The highest BCUT2D eigenvalue weighted by Gasteiger charge is 2.40. The van der Waals surface area contributed by atoms with Crippen LogP contribution in [0.1, 0.15) is 16.7 Å². The zero-order chi connectivity index (χ0) is 22.2. The standard InChI is InChI=1S/C26H22N2O4/c1-16-8-10-20(17(2)14-16)28-25(29)23(18-6-4-3-5-7-18)24(26(28)30)27-19-9-11-21-22(15-19)32-13-12-31-21/h3-11,14-15,27H,12-13H2,1-2H3. The number of fused-ring (bicyclic) bond motifs is 1. The molecule has 3 aromatic carbocycles. The molecular formula is C26H22N2O4. The largest absolute Gasteiger partial charge is 0.486 e. The third-order valence-corrected chi connectivity index (χ3v) is 5.55. The van der Waals surface area contributed by atoms with Gasteiger partial charge in [-0.05, 0) is 43.2 Å². The summed E-state index contributed by atoms with van der Waals surface area (Å²) in [6.07, 6.45) is 0. The third kappa shape index (κ3) is 3.39. The molecule has 0 unspecified atom stereocenters. The summed E-state index contributed by atoms with van der Waals surface area (Å²) < 4.78 is 11.2. The van der Waals surface area contributed by atoms with Crippen molar-refractivity contribution >= 4 is 28.8 Å². The van der Waals surface area contributed by atoms with E-state index in [1.165, 1.54) is 4.90 Å². The van der Waals surface area contributed by atoms with Crippen molar-refractivity contribution in [2.45, 2.75) is 13.8 Å². The van der Waals surface area contributed by atoms with Crippen LogP contribution in [0.2, 0.25) is 0 Å². The summed E-state index contributed by atoms with van der Waals surface area (Å²) in [4.78, 5) is 28.4. The van der Waals surface area contributed by atoms with E-state index >= 15 is 0 Å². The molecule has 32 heavy (non-hydrogen) atoms. The molecule has 2 aliphatic heterocycles. The Bertz CT molecular complexity index is 1260. The molecule has 0 saturated heterocycles. The first-order valence-corrected chi connectivity index (χ1v) is 10.5.